The molecule has 1 aromatic heterocycles. The topological polar surface area (TPSA) is 161 Å². The number of ketones is 2. The lowest BCUT2D eigenvalue weighted by atomic mass is 9.91. The van der Waals surface area contributed by atoms with Gasteiger partial charge in [0, 0.05) is 47.1 Å². The van der Waals surface area contributed by atoms with E-state index in [2.05, 4.69) is 58.1 Å². The number of amides is 3. The van der Waals surface area contributed by atoms with Crippen molar-refractivity contribution in [3.8, 4) is 0 Å². The molecule has 14 heteroatoms. The van der Waals surface area contributed by atoms with Gasteiger partial charge in [-0.25, -0.2) is 9.48 Å². The molecule has 0 aliphatic heterocycles. The summed E-state index contributed by atoms with van der Waals surface area (Å²) in [5, 5.41) is 17.6. The van der Waals surface area contributed by atoms with Gasteiger partial charge >= 0.3 is 6.09 Å². The fraction of sp³-hybridized carbons (Fsp3) is 0.581. The lowest BCUT2D eigenvalue weighted by molar-refractivity contribution is -0.130. The molecule has 0 fully saturated rings. The smallest absolute Gasteiger partial charge is 0.407 e. The molecular weight excluding hydrogens is 712 g/mol. The first-order valence-corrected chi connectivity index (χ1v) is 17.1. The van der Waals surface area contributed by atoms with E-state index in [9.17, 15) is 24.0 Å². The van der Waals surface area contributed by atoms with E-state index in [0.29, 0.717) is 34.9 Å². The Bertz CT molecular complexity index is 1320. The first-order chi connectivity index (χ1) is 21.2. The lowest BCUT2D eigenvalue weighted by Crippen LogP contribution is -2.45. The van der Waals surface area contributed by atoms with E-state index in [1.54, 1.807) is 56.6 Å². The Morgan fingerprint density at radius 1 is 1.00 bits per heavy atom. The van der Waals surface area contributed by atoms with E-state index < -0.39 is 23.5 Å². The molecule has 0 unspecified atom stereocenters. The number of alkyl halides is 2. The van der Waals surface area contributed by atoms with E-state index in [1.807, 2.05) is 13.8 Å². The molecule has 2 rings (SSSR count). The quantitative estimate of drug-likeness (QED) is 0.189. The van der Waals surface area contributed by atoms with Crippen LogP contribution in [0, 0.1) is 17.3 Å². The summed E-state index contributed by atoms with van der Waals surface area (Å²) in [5.41, 5.74) is 2.45. The lowest BCUT2D eigenvalue weighted by Gasteiger charge is -2.23. The van der Waals surface area contributed by atoms with Crippen molar-refractivity contribution >= 4 is 67.0 Å². The SMILES string of the molecule is CC(C)[C@H](NC(=O)CCCn1nnc(CBr)c1CBr)C(=O)C[C@@H](C)C(=O)Nc1ccc(COC(=O)NCC(=O)C(C)(C)C)cc1. The Balaban J connectivity index is 1.81. The van der Waals surface area contributed by atoms with Crippen molar-refractivity contribution in [1.29, 1.82) is 0 Å². The zero-order valence-electron chi connectivity index (χ0n) is 26.7. The molecule has 0 spiro atoms. The first kappa shape index (κ1) is 38.1. The van der Waals surface area contributed by atoms with Gasteiger partial charge in [-0.1, -0.05) is 90.7 Å². The van der Waals surface area contributed by atoms with E-state index in [-0.39, 0.29) is 55.3 Å². The molecule has 2 aromatic rings. The summed E-state index contributed by atoms with van der Waals surface area (Å²) in [4.78, 5) is 62.5. The number of aromatic nitrogens is 3. The molecule has 1 heterocycles. The molecule has 1 aromatic carbocycles. The molecule has 3 amide bonds. The molecule has 45 heavy (non-hydrogen) atoms. The highest BCUT2D eigenvalue weighted by atomic mass is 79.9. The van der Waals surface area contributed by atoms with Crippen molar-refractivity contribution in [2.24, 2.45) is 17.3 Å². The third kappa shape index (κ3) is 12.6. The second-order valence-electron chi connectivity index (χ2n) is 12.2. The Hall–Kier alpha value is -3.13. The number of halogens is 2. The molecular formula is C31H44Br2N6O6. The number of nitrogens with zero attached hydrogens (tertiary/aromatic N) is 3. The molecule has 0 aliphatic carbocycles. The van der Waals surface area contributed by atoms with Crippen molar-refractivity contribution in [3.05, 3.63) is 41.2 Å². The van der Waals surface area contributed by atoms with Crippen LogP contribution in [-0.4, -0.2) is 57.1 Å². The van der Waals surface area contributed by atoms with Crippen LogP contribution in [0.4, 0.5) is 10.5 Å². The Morgan fingerprint density at radius 2 is 1.67 bits per heavy atom. The van der Waals surface area contributed by atoms with Crippen LogP contribution in [0.2, 0.25) is 0 Å². The van der Waals surface area contributed by atoms with Crippen LogP contribution in [-0.2, 0) is 47.7 Å². The number of nitrogens with one attached hydrogen (secondary N) is 3. The fourth-order valence-electron chi connectivity index (χ4n) is 4.14. The minimum atomic E-state index is -0.708. The fourth-order valence-corrected chi connectivity index (χ4v) is 5.19. The minimum absolute atomic E-state index is 0.00655. The summed E-state index contributed by atoms with van der Waals surface area (Å²) in [6.07, 6.45) is 0.0291. The summed E-state index contributed by atoms with van der Waals surface area (Å²) in [7, 11) is 0. The highest BCUT2D eigenvalue weighted by Gasteiger charge is 2.27. The average molecular weight is 757 g/mol. The van der Waals surface area contributed by atoms with Crippen molar-refractivity contribution < 1.29 is 28.7 Å². The van der Waals surface area contributed by atoms with Crippen molar-refractivity contribution in [1.82, 2.24) is 25.6 Å². The first-order valence-electron chi connectivity index (χ1n) is 14.8. The number of ether oxygens (including phenoxy) is 1. The number of aryl methyl sites for hydroxylation is 1. The summed E-state index contributed by atoms with van der Waals surface area (Å²) < 4.78 is 6.92. The van der Waals surface area contributed by atoms with E-state index >= 15 is 0 Å². The summed E-state index contributed by atoms with van der Waals surface area (Å²) >= 11 is 6.84. The molecule has 0 aliphatic rings. The number of carbonyl (C=O) groups is 5. The van der Waals surface area contributed by atoms with E-state index in [0.717, 1.165) is 11.4 Å². The van der Waals surface area contributed by atoms with Gasteiger partial charge in [0.15, 0.2) is 11.6 Å². The molecule has 248 valence electrons. The van der Waals surface area contributed by atoms with E-state index in [4.69, 9.17) is 4.74 Å². The van der Waals surface area contributed by atoms with Crippen LogP contribution in [0.15, 0.2) is 24.3 Å². The maximum Gasteiger partial charge on any atom is 0.407 e. The van der Waals surface area contributed by atoms with Crippen LogP contribution < -0.4 is 16.0 Å². The number of anilines is 1. The van der Waals surface area contributed by atoms with Crippen molar-refractivity contribution in [2.45, 2.75) is 90.7 Å². The monoisotopic (exact) mass is 754 g/mol. The number of carbonyl (C=O) groups excluding carboxylic acids is 5. The Kier molecular flexibility index (Phi) is 15.3. The van der Waals surface area contributed by atoms with Crippen molar-refractivity contribution in [2.75, 3.05) is 11.9 Å². The number of rotatable bonds is 17. The zero-order valence-corrected chi connectivity index (χ0v) is 29.9. The number of benzene rings is 1. The standard InChI is InChI=1S/C31H44Br2N6O6/c1-19(2)28(36-27(42)8-7-13-39-24(16-33)23(15-32)37-38-39)25(40)14-20(3)29(43)35-22-11-9-21(10-12-22)18-45-30(44)34-17-26(41)31(4,5)6/h9-12,19-20,28H,7-8,13-18H2,1-6H3,(H,34,44)(H,35,43)(H,36,42)/t20-,28+/m1/s1. The third-order valence-corrected chi connectivity index (χ3v) is 8.11. The van der Waals surface area contributed by atoms with Crippen LogP contribution in [0.3, 0.4) is 0 Å². The molecule has 0 saturated carbocycles. The normalized spacial score (nSPS) is 12.7. The summed E-state index contributed by atoms with van der Waals surface area (Å²) in [5.74, 6) is -1.66. The van der Waals surface area contributed by atoms with E-state index in [1.165, 1.54) is 0 Å². The predicted octanol–water partition coefficient (Wildman–Crippen LogP) is 5.06. The van der Waals surface area contributed by atoms with Gasteiger partial charge in [0.05, 0.1) is 24.0 Å². The maximum absolute atomic E-state index is 13.1. The number of alkyl carbamates (subject to hydrolysis) is 1. The largest absolute Gasteiger partial charge is 0.445 e. The molecule has 3 N–H and O–H groups in total. The maximum atomic E-state index is 13.1. The second kappa shape index (κ2) is 18.1. The number of hydrogen-bond donors (Lipinski definition) is 3. The molecule has 2 atom stereocenters. The Morgan fingerprint density at radius 3 is 2.24 bits per heavy atom. The highest BCUT2D eigenvalue weighted by Crippen LogP contribution is 2.17. The second-order valence-corrected chi connectivity index (χ2v) is 13.3. The zero-order chi connectivity index (χ0) is 33.7. The minimum Gasteiger partial charge on any atom is -0.445 e. The third-order valence-electron chi connectivity index (χ3n) is 7.05. The molecule has 12 nitrogen and oxygen atoms in total. The van der Waals surface area contributed by atoms with Gasteiger partial charge in [0.1, 0.15) is 6.61 Å². The highest BCUT2D eigenvalue weighted by molar-refractivity contribution is 9.09. The summed E-state index contributed by atoms with van der Waals surface area (Å²) in [6, 6.07) is 6.04. The Labute approximate surface area is 281 Å². The number of Topliss-reactive ketones (excluding diaryl/α,β-unsaturated/α-hetero) is 2. The van der Waals surface area contributed by atoms with Crippen LogP contribution in [0.5, 0.6) is 0 Å². The van der Waals surface area contributed by atoms with Gasteiger partial charge in [-0.15, -0.1) is 5.10 Å². The van der Waals surface area contributed by atoms with Crippen molar-refractivity contribution in [3.63, 3.8) is 0 Å². The van der Waals surface area contributed by atoms with Crippen LogP contribution in [0.25, 0.3) is 0 Å². The molecule has 0 radical (unpaired) electrons. The van der Waals surface area contributed by atoms with Gasteiger partial charge < -0.3 is 20.7 Å². The van der Waals surface area contributed by atoms with Gasteiger partial charge in [-0.05, 0) is 30.0 Å². The molecule has 0 saturated heterocycles. The van der Waals surface area contributed by atoms with Crippen LogP contribution >= 0.6 is 31.9 Å². The summed E-state index contributed by atoms with van der Waals surface area (Å²) in [6.45, 7) is 11.1. The van der Waals surface area contributed by atoms with Crippen LogP contribution in [0.1, 0.15) is 77.8 Å². The van der Waals surface area contributed by atoms with Gasteiger partial charge in [0.2, 0.25) is 11.8 Å². The van der Waals surface area contributed by atoms with Gasteiger partial charge in [0.25, 0.3) is 0 Å². The van der Waals surface area contributed by atoms with Gasteiger partial charge in [-0.2, -0.15) is 0 Å². The number of hydrogen-bond acceptors (Lipinski definition) is 8. The molecule has 0 bridgehead atoms. The predicted molar refractivity (Wildman–Crippen MR) is 178 cm³/mol. The van der Waals surface area contributed by atoms with Gasteiger partial charge in [-0.3, -0.25) is 19.2 Å². The average Bonchev–Trinajstić information content (AvgIpc) is 3.39.